The van der Waals surface area contributed by atoms with E-state index in [2.05, 4.69) is 31.3 Å². The van der Waals surface area contributed by atoms with Crippen LogP contribution < -0.4 is 10.1 Å². The molecule has 1 N–H and O–H groups in total. The lowest BCUT2D eigenvalue weighted by Crippen LogP contribution is -2.26. The van der Waals surface area contributed by atoms with Crippen LogP contribution in [0.5, 0.6) is 5.75 Å². The van der Waals surface area contributed by atoms with E-state index in [0.717, 1.165) is 23.1 Å². The van der Waals surface area contributed by atoms with E-state index in [1.807, 2.05) is 42.5 Å². The first-order chi connectivity index (χ1) is 11.9. The van der Waals surface area contributed by atoms with Gasteiger partial charge in [-0.3, -0.25) is 14.9 Å². The Morgan fingerprint density at radius 3 is 2.32 bits per heavy atom. The third-order valence-electron chi connectivity index (χ3n) is 4.27. The predicted molar refractivity (Wildman–Crippen MR) is 100 cm³/mol. The van der Waals surface area contributed by atoms with Crippen molar-refractivity contribution < 1.29 is 14.3 Å². The first-order valence-corrected chi connectivity index (χ1v) is 9.11. The molecule has 0 saturated carbocycles. The number of rotatable bonds is 6. The van der Waals surface area contributed by atoms with Gasteiger partial charge in [-0.2, -0.15) is 0 Å². The second-order valence-electron chi connectivity index (χ2n) is 6.77. The number of carbonyl (C=O) groups is 2. The Hall–Kier alpha value is -2.27. The number of hydrogen-bond donors (Lipinski definition) is 1. The highest BCUT2D eigenvalue weighted by Crippen LogP contribution is 2.26. The number of ether oxygens (including phenoxy) is 1. The summed E-state index contributed by atoms with van der Waals surface area (Å²) >= 11 is 1.05. The average molecular weight is 355 g/mol. The minimum Gasteiger partial charge on any atom is -0.493 e. The molecule has 1 saturated heterocycles. The standard InChI is InChI=1S/C20H21NO3S/c1-20(2,15-6-4-3-5-7-15)13-24-16-10-8-14(9-11-16)12-17-18(22)21-19(23)25-17/h3-11,17H,12-13H2,1-2H3,(H,21,22,23)/t17-/m0/s1. The Morgan fingerprint density at radius 2 is 1.72 bits per heavy atom. The Morgan fingerprint density at radius 1 is 1.04 bits per heavy atom. The van der Waals surface area contributed by atoms with E-state index in [-0.39, 0.29) is 21.8 Å². The Bertz CT molecular complexity index is 756. The molecule has 0 radical (unpaired) electrons. The van der Waals surface area contributed by atoms with Crippen LogP contribution in [0.2, 0.25) is 0 Å². The molecule has 2 aromatic rings. The highest BCUT2D eigenvalue weighted by atomic mass is 32.2. The second kappa shape index (κ2) is 7.31. The van der Waals surface area contributed by atoms with Crippen LogP contribution in [0, 0.1) is 0 Å². The molecule has 0 bridgehead atoms. The number of amides is 2. The number of thioether (sulfide) groups is 1. The highest BCUT2D eigenvalue weighted by Gasteiger charge is 2.31. The van der Waals surface area contributed by atoms with Gasteiger partial charge in [-0.15, -0.1) is 0 Å². The summed E-state index contributed by atoms with van der Waals surface area (Å²) in [6.45, 7) is 4.89. The molecule has 0 aromatic heterocycles. The van der Waals surface area contributed by atoms with E-state index in [0.29, 0.717) is 13.0 Å². The maximum atomic E-state index is 11.6. The molecule has 1 aliphatic heterocycles. The molecule has 2 aromatic carbocycles. The summed E-state index contributed by atoms with van der Waals surface area (Å²) in [6.07, 6.45) is 0.540. The quantitative estimate of drug-likeness (QED) is 0.853. The number of carbonyl (C=O) groups excluding carboxylic acids is 2. The van der Waals surface area contributed by atoms with Crippen LogP contribution in [0.4, 0.5) is 4.79 Å². The summed E-state index contributed by atoms with van der Waals surface area (Å²) in [6, 6.07) is 18.0. The molecular formula is C20H21NO3S. The van der Waals surface area contributed by atoms with Gasteiger partial charge in [0.2, 0.25) is 5.91 Å². The van der Waals surface area contributed by atoms with E-state index in [1.165, 1.54) is 5.56 Å². The zero-order valence-electron chi connectivity index (χ0n) is 14.3. The number of imide groups is 1. The summed E-state index contributed by atoms with van der Waals surface area (Å²) in [4.78, 5) is 22.8. The molecule has 25 heavy (non-hydrogen) atoms. The Kier molecular flexibility index (Phi) is 5.13. The van der Waals surface area contributed by atoms with Crippen LogP contribution in [-0.4, -0.2) is 23.0 Å². The van der Waals surface area contributed by atoms with Gasteiger partial charge in [0.25, 0.3) is 5.24 Å². The SMILES string of the molecule is CC(C)(COc1ccc(C[C@@H]2SC(=O)NC2=O)cc1)c1ccccc1. The van der Waals surface area contributed by atoms with Crippen molar-refractivity contribution >= 4 is 22.9 Å². The fourth-order valence-electron chi connectivity index (χ4n) is 2.70. The zero-order valence-corrected chi connectivity index (χ0v) is 15.1. The van der Waals surface area contributed by atoms with Crippen LogP contribution in [0.15, 0.2) is 54.6 Å². The summed E-state index contributed by atoms with van der Waals surface area (Å²) in [7, 11) is 0. The van der Waals surface area contributed by atoms with Crippen molar-refractivity contribution in [2.45, 2.75) is 30.9 Å². The normalized spacial score (nSPS) is 17.4. The zero-order chi connectivity index (χ0) is 17.9. The fraction of sp³-hybridized carbons (Fsp3) is 0.300. The van der Waals surface area contributed by atoms with Gasteiger partial charge in [0.1, 0.15) is 5.75 Å². The maximum absolute atomic E-state index is 11.6. The van der Waals surface area contributed by atoms with Gasteiger partial charge < -0.3 is 4.74 Å². The van der Waals surface area contributed by atoms with Gasteiger partial charge in [-0.1, -0.05) is 68.1 Å². The lowest BCUT2D eigenvalue weighted by Gasteiger charge is -2.25. The third-order valence-corrected chi connectivity index (χ3v) is 5.25. The largest absolute Gasteiger partial charge is 0.493 e. The lowest BCUT2D eigenvalue weighted by atomic mass is 9.86. The van der Waals surface area contributed by atoms with Crippen molar-refractivity contribution in [2.24, 2.45) is 0 Å². The molecule has 1 heterocycles. The third kappa shape index (κ3) is 4.42. The molecule has 0 aliphatic carbocycles. The van der Waals surface area contributed by atoms with Crippen molar-refractivity contribution in [1.82, 2.24) is 5.32 Å². The first-order valence-electron chi connectivity index (χ1n) is 8.23. The first kappa shape index (κ1) is 17.5. The Labute approximate surface area is 152 Å². The maximum Gasteiger partial charge on any atom is 0.286 e. The molecule has 130 valence electrons. The molecule has 1 aliphatic rings. The topological polar surface area (TPSA) is 55.4 Å². The van der Waals surface area contributed by atoms with Crippen LogP contribution >= 0.6 is 11.8 Å². The fourth-order valence-corrected chi connectivity index (χ4v) is 3.56. The summed E-state index contributed by atoms with van der Waals surface area (Å²) in [5.74, 6) is 0.590. The molecular weight excluding hydrogens is 334 g/mol. The number of benzene rings is 2. The average Bonchev–Trinajstić information content (AvgIpc) is 2.92. The summed E-state index contributed by atoms with van der Waals surface area (Å²) in [5.41, 5.74) is 2.16. The molecule has 5 heteroatoms. The molecule has 2 amide bonds. The van der Waals surface area contributed by atoms with E-state index in [4.69, 9.17) is 4.74 Å². The van der Waals surface area contributed by atoms with E-state index in [1.54, 1.807) is 0 Å². The molecule has 0 spiro atoms. The van der Waals surface area contributed by atoms with Gasteiger partial charge in [-0.05, 0) is 29.7 Å². The van der Waals surface area contributed by atoms with Gasteiger partial charge in [-0.25, -0.2) is 0 Å². The number of nitrogens with one attached hydrogen (secondary N) is 1. The monoisotopic (exact) mass is 355 g/mol. The molecule has 1 fully saturated rings. The van der Waals surface area contributed by atoms with Gasteiger partial charge in [0.15, 0.2) is 0 Å². The van der Waals surface area contributed by atoms with E-state index < -0.39 is 0 Å². The molecule has 0 unspecified atom stereocenters. The minimum absolute atomic E-state index is 0.0845. The van der Waals surface area contributed by atoms with Crippen molar-refractivity contribution in [3.8, 4) is 5.75 Å². The molecule has 3 rings (SSSR count). The number of hydrogen-bond acceptors (Lipinski definition) is 4. The van der Waals surface area contributed by atoms with Crippen LogP contribution in [0.3, 0.4) is 0 Å². The van der Waals surface area contributed by atoms with Crippen LogP contribution in [0.25, 0.3) is 0 Å². The van der Waals surface area contributed by atoms with Gasteiger partial charge >= 0.3 is 0 Å². The van der Waals surface area contributed by atoms with Crippen molar-refractivity contribution in [3.05, 3.63) is 65.7 Å². The second-order valence-corrected chi connectivity index (χ2v) is 7.95. The van der Waals surface area contributed by atoms with E-state index >= 15 is 0 Å². The van der Waals surface area contributed by atoms with Crippen molar-refractivity contribution in [1.29, 1.82) is 0 Å². The molecule has 1 atom stereocenters. The Balaban J connectivity index is 1.58. The summed E-state index contributed by atoms with van der Waals surface area (Å²) < 4.78 is 5.95. The lowest BCUT2D eigenvalue weighted by molar-refractivity contribution is -0.118. The molecule has 4 nitrogen and oxygen atoms in total. The van der Waals surface area contributed by atoms with Crippen molar-refractivity contribution in [2.75, 3.05) is 6.61 Å². The van der Waals surface area contributed by atoms with Gasteiger partial charge in [0.05, 0.1) is 11.9 Å². The minimum atomic E-state index is -0.337. The highest BCUT2D eigenvalue weighted by molar-refractivity contribution is 8.15. The van der Waals surface area contributed by atoms with Crippen LogP contribution in [-0.2, 0) is 16.6 Å². The smallest absolute Gasteiger partial charge is 0.286 e. The summed E-state index contributed by atoms with van der Waals surface area (Å²) in [5, 5.41) is 1.71. The van der Waals surface area contributed by atoms with Crippen molar-refractivity contribution in [3.63, 3.8) is 0 Å². The predicted octanol–water partition coefficient (Wildman–Crippen LogP) is 3.94. The van der Waals surface area contributed by atoms with E-state index in [9.17, 15) is 9.59 Å². The van der Waals surface area contributed by atoms with Gasteiger partial charge in [0, 0.05) is 5.41 Å². The van der Waals surface area contributed by atoms with Crippen LogP contribution in [0.1, 0.15) is 25.0 Å².